The number of nitrogens with zero attached hydrogens (tertiary/aromatic N) is 1. The van der Waals surface area contributed by atoms with Crippen LogP contribution in [0.4, 0.5) is 4.79 Å². The number of hydrogen-bond donors (Lipinski definition) is 0. The van der Waals surface area contributed by atoms with Crippen LogP contribution in [-0.4, -0.2) is 61.9 Å². The predicted molar refractivity (Wildman–Crippen MR) is 133 cm³/mol. The van der Waals surface area contributed by atoms with Crippen LogP contribution in [0.15, 0.2) is 0 Å². The van der Waals surface area contributed by atoms with Crippen LogP contribution in [-0.2, 0) is 17.7 Å². The van der Waals surface area contributed by atoms with Crippen LogP contribution in [0, 0.1) is 0 Å². The molecule has 6 nitrogen and oxygen atoms in total. The molecule has 1 amide bonds. The second-order valence-corrected chi connectivity index (χ2v) is 21.2. The molecule has 0 saturated carbocycles. The van der Waals surface area contributed by atoms with Crippen LogP contribution in [0.2, 0.25) is 43.8 Å². The van der Waals surface area contributed by atoms with Gasteiger partial charge in [-0.3, -0.25) is 0 Å². The Morgan fingerprint density at radius 1 is 0.900 bits per heavy atom. The van der Waals surface area contributed by atoms with Crippen LogP contribution in [0.3, 0.4) is 0 Å². The standard InChI is InChI=1S/C21H49NO5Si3/c1-11-20(7)26-30(24-12-2,25-13-3)19-17-18-22(28(8,9)10)21(23)27-29(14-4,15-5)16-6/h20H,11-19H2,1-10H3. The van der Waals surface area contributed by atoms with E-state index in [4.69, 9.17) is 17.7 Å². The maximum Gasteiger partial charge on any atom is 0.501 e. The van der Waals surface area contributed by atoms with Gasteiger partial charge < -0.3 is 22.3 Å². The van der Waals surface area contributed by atoms with E-state index in [1.165, 1.54) is 0 Å². The summed E-state index contributed by atoms with van der Waals surface area (Å²) in [6.07, 6.45) is 1.69. The van der Waals surface area contributed by atoms with Gasteiger partial charge in [-0.2, -0.15) is 0 Å². The van der Waals surface area contributed by atoms with Crippen molar-refractivity contribution in [3.8, 4) is 0 Å². The molecule has 0 heterocycles. The molecule has 0 N–H and O–H groups in total. The highest BCUT2D eigenvalue weighted by Gasteiger charge is 2.43. The Hall–Kier alpha value is -0.199. The van der Waals surface area contributed by atoms with Gasteiger partial charge in [-0.05, 0) is 51.7 Å². The molecular formula is C21H49NO5Si3. The minimum atomic E-state index is -2.76. The summed E-state index contributed by atoms with van der Waals surface area (Å²) >= 11 is 0. The average molecular weight is 480 g/mol. The molecule has 0 spiro atoms. The number of carbonyl (C=O) groups excluding carboxylic acids is 1. The number of amides is 1. The Balaban J connectivity index is 5.37. The van der Waals surface area contributed by atoms with Crippen molar-refractivity contribution in [1.82, 2.24) is 4.57 Å². The molecule has 30 heavy (non-hydrogen) atoms. The summed E-state index contributed by atoms with van der Waals surface area (Å²) in [5.74, 6) is 0. The largest absolute Gasteiger partial charge is 0.504 e. The van der Waals surface area contributed by atoms with E-state index < -0.39 is 25.4 Å². The first-order chi connectivity index (χ1) is 14.0. The first-order valence-electron chi connectivity index (χ1n) is 11.9. The molecule has 180 valence electrons. The molecule has 0 rings (SSSR count). The third-order valence-electron chi connectivity index (χ3n) is 5.82. The molecule has 0 fully saturated rings. The van der Waals surface area contributed by atoms with Crippen LogP contribution in [0.25, 0.3) is 0 Å². The van der Waals surface area contributed by atoms with E-state index in [1.807, 2.05) is 18.4 Å². The van der Waals surface area contributed by atoms with Crippen molar-refractivity contribution >= 4 is 31.5 Å². The van der Waals surface area contributed by atoms with Crippen LogP contribution < -0.4 is 0 Å². The molecule has 0 aromatic carbocycles. The van der Waals surface area contributed by atoms with Crippen molar-refractivity contribution in [2.45, 2.75) is 111 Å². The Kier molecular flexibility index (Phi) is 14.0. The van der Waals surface area contributed by atoms with Crippen molar-refractivity contribution in [1.29, 1.82) is 0 Å². The Morgan fingerprint density at radius 2 is 1.40 bits per heavy atom. The minimum Gasteiger partial charge on any atom is -0.504 e. The number of hydrogen-bond acceptors (Lipinski definition) is 5. The highest BCUT2D eigenvalue weighted by Crippen LogP contribution is 2.26. The first-order valence-corrected chi connectivity index (χ1v) is 19.9. The van der Waals surface area contributed by atoms with Crippen molar-refractivity contribution in [3.05, 3.63) is 0 Å². The third kappa shape index (κ3) is 9.52. The van der Waals surface area contributed by atoms with E-state index in [9.17, 15) is 4.79 Å². The van der Waals surface area contributed by atoms with E-state index >= 15 is 0 Å². The van der Waals surface area contributed by atoms with Gasteiger partial charge in [-0.25, -0.2) is 4.79 Å². The topological polar surface area (TPSA) is 57.2 Å². The maximum absolute atomic E-state index is 13.2. The lowest BCUT2D eigenvalue weighted by Gasteiger charge is -2.38. The van der Waals surface area contributed by atoms with Crippen LogP contribution >= 0.6 is 0 Å². The first kappa shape index (κ1) is 29.8. The molecule has 9 heteroatoms. The summed E-state index contributed by atoms with van der Waals surface area (Å²) in [7, 11) is -6.63. The molecule has 0 bridgehead atoms. The summed E-state index contributed by atoms with van der Waals surface area (Å²) in [6.45, 7) is 23.0. The second-order valence-electron chi connectivity index (χ2n) is 8.92. The van der Waals surface area contributed by atoms with Crippen molar-refractivity contribution in [3.63, 3.8) is 0 Å². The van der Waals surface area contributed by atoms with Gasteiger partial charge in [0.25, 0.3) is 8.32 Å². The van der Waals surface area contributed by atoms with Crippen molar-refractivity contribution in [2.24, 2.45) is 0 Å². The molecule has 1 unspecified atom stereocenters. The fourth-order valence-corrected chi connectivity index (χ4v) is 10.3. The van der Waals surface area contributed by atoms with Crippen molar-refractivity contribution in [2.75, 3.05) is 19.8 Å². The normalized spacial score (nSPS) is 13.9. The summed E-state index contributed by atoms with van der Waals surface area (Å²) in [5, 5.41) is 0. The average Bonchev–Trinajstić information content (AvgIpc) is 2.68. The molecule has 0 aromatic rings. The molecule has 0 aliphatic heterocycles. The summed E-state index contributed by atoms with van der Waals surface area (Å²) in [6, 6.07) is 3.63. The zero-order valence-corrected chi connectivity index (χ0v) is 24.4. The summed E-state index contributed by atoms with van der Waals surface area (Å²) in [4.78, 5) is 13.2. The van der Waals surface area contributed by atoms with Gasteiger partial charge in [0, 0.05) is 31.9 Å². The van der Waals surface area contributed by atoms with Crippen LogP contribution in [0.1, 0.15) is 61.3 Å². The SMILES string of the molecule is CCO[Si](CCCN(C(=O)O[Si](CC)(CC)CC)[Si](C)(C)C)(OCC)OC(C)CC. The summed E-state index contributed by atoms with van der Waals surface area (Å²) in [5.41, 5.74) is 0. The lowest BCUT2D eigenvalue weighted by molar-refractivity contribution is 0.0364. The number of carbonyl (C=O) groups is 1. The van der Waals surface area contributed by atoms with Crippen molar-refractivity contribution < 1.29 is 22.5 Å². The molecule has 0 saturated heterocycles. The lowest BCUT2D eigenvalue weighted by Crippen LogP contribution is -2.54. The minimum absolute atomic E-state index is 0.0955. The Bertz CT molecular complexity index is 469. The molecule has 1 atom stereocenters. The maximum atomic E-state index is 13.2. The predicted octanol–water partition coefficient (Wildman–Crippen LogP) is 6.48. The van der Waals surface area contributed by atoms with Gasteiger partial charge in [0.05, 0.1) is 0 Å². The highest BCUT2D eigenvalue weighted by atomic mass is 28.4. The third-order valence-corrected chi connectivity index (χ3v) is 15.5. The van der Waals surface area contributed by atoms with E-state index in [0.717, 1.165) is 31.0 Å². The van der Waals surface area contributed by atoms with Gasteiger partial charge in [-0.1, -0.05) is 47.3 Å². The zero-order valence-electron chi connectivity index (χ0n) is 21.4. The quantitative estimate of drug-likeness (QED) is 0.237. The van der Waals surface area contributed by atoms with Crippen LogP contribution in [0.5, 0.6) is 0 Å². The fourth-order valence-electron chi connectivity index (χ4n) is 3.50. The summed E-state index contributed by atoms with van der Waals surface area (Å²) < 4.78 is 26.7. The second kappa shape index (κ2) is 14.1. The van der Waals surface area contributed by atoms with Gasteiger partial charge in [0.1, 0.15) is 0 Å². The van der Waals surface area contributed by atoms with E-state index in [0.29, 0.717) is 25.8 Å². The van der Waals surface area contributed by atoms with Gasteiger partial charge in [0.2, 0.25) is 0 Å². The smallest absolute Gasteiger partial charge is 0.501 e. The molecular weight excluding hydrogens is 430 g/mol. The van der Waals surface area contributed by atoms with E-state index in [1.54, 1.807) is 0 Å². The lowest BCUT2D eigenvalue weighted by atomic mass is 10.3. The molecule has 0 radical (unpaired) electrons. The molecule has 0 aliphatic carbocycles. The Morgan fingerprint density at radius 3 is 1.77 bits per heavy atom. The van der Waals surface area contributed by atoms with Gasteiger partial charge in [-0.15, -0.1) is 0 Å². The highest BCUT2D eigenvalue weighted by molar-refractivity contribution is 6.77. The van der Waals surface area contributed by atoms with Gasteiger partial charge in [0.15, 0.2) is 8.24 Å². The molecule has 0 aliphatic rings. The fraction of sp³-hybridized carbons (Fsp3) is 0.952. The number of rotatable bonds is 16. The zero-order chi connectivity index (χ0) is 23.4. The van der Waals surface area contributed by atoms with E-state index in [-0.39, 0.29) is 12.2 Å². The van der Waals surface area contributed by atoms with Gasteiger partial charge >= 0.3 is 14.9 Å². The monoisotopic (exact) mass is 479 g/mol. The van der Waals surface area contributed by atoms with E-state index in [2.05, 4.69) is 54.3 Å². The molecule has 0 aromatic heterocycles. The Labute approximate surface area is 189 Å².